The van der Waals surface area contributed by atoms with Gasteiger partial charge in [0.15, 0.2) is 19.7 Å². The van der Waals surface area contributed by atoms with Crippen LogP contribution in [0.1, 0.15) is 92.2 Å². The number of Topliss-reactive ketones (excluding diaryl/α,β-unsaturated/α-hetero) is 1. The van der Waals surface area contributed by atoms with E-state index in [-0.39, 0.29) is 39.3 Å². The molecule has 214 valence electrons. The molecule has 0 bridgehead atoms. The van der Waals surface area contributed by atoms with Crippen molar-refractivity contribution in [3.8, 4) is 5.75 Å². The Morgan fingerprint density at radius 3 is 2.08 bits per heavy atom. The van der Waals surface area contributed by atoms with Gasteiger partial charge in [0.1, 0.15) is 5.75 Å². The van der Waals surface area contributed by atoms with E-state index in [9.17, 15) is 4.79 Å². The third kappa shape index (κ3) is 5.00. The number of hydroxylamine groups is 2. The Bertz CT molecular complexity index is 1040. The van der Waals surface area contributed by atoms with Gasteiger partial charge in [0.05, 0.1) is 12.1 Å². The Kier molecular flexibility index (Phi) is 7.52. The van der Waals surface area contributed by atoms with Gasteiger partial charge in [-0.2, -0.15) is 5.06 Å². The summed E-state index contributed by atoms with van der Waals surface area (Å²) in [6.07, 6.45) is 4.37. The Balaban J connectivity index is 1.56. The number of fused-ring (bicyclic) bond motifs is 2. The molecule has 0 amide bonds. The minimum absolute atomic E-state index is 0.0416. The van der Waals surface area contributed by atoms with Crippen molar-refractivity contribution in [2.75, 3.05) is 7.05 Å². The van der Waals surface area contributed by atoms with Crippen molar-refractivity contribution in [1.29, 1.82) is 0 Å². The number of rotatable bonds is 5. The maximum atomic E-state index is 13.7. The molecule has 4 rings (SSSR count). The Hall–Kier alpha value is -0.996. The van der Waals surface area contributed by atoms with Crippen molar-refractivity contribution in [3.05, 3.63) is 29.8 Å². The third-order valence-electron chi connectivity index (χ3n) is 11.1. The number of nitrogens with zero attached hydrogens (tertiary/aromatic N) is 1. The standard InChI is InChI=1S/C31H53NO4Si2/c1-28(2,3)37(9,10)34-23-15-13-22(14-16-23)24-21-31(36-32(24)8)25-17-18-27(30(25,7)20-19-26(31)33)35-38(11,12)29(4,5)6/h13-16,24-25,27H,17-21H2,1-12H3/t24?,25-,27+,30+,31+/m1/s1. The fraction of sp³-hybridized carbons (Fsp3) is 0.774. The molecule has 5 nitrogen and oxygen atoms in total. The molecule has 0 radical (unpaired) electrons. The second kappa shape index (κ2) is 9.54. The lowest BCUT2D eigenvalue weighted by Gasteiger charge is -2.50. The molecule has 2 aliphatic carbocycles. The van der Waals surface area contributed by atoms with E-state index in [2.05, 4.69) is 98.9 Å². The van der Waals surface area contributed by atoms with E-state index in [0.29, 0.717) is 12.8 Å². The van der Waals surface area contributed by atoms with E-state index < -0.39 is 22.2 Å². The average Bonchev–Trinajstić information content (AvgIpc) is 3.28. The number of benzene rings is 1. The Labute approximate surface area is 234 Å². The summed E-state index contributed by atoms with van der Waals surface area (Å²) in [7, 11) is -1.82. The van der Waals surface area contributed by atoms with Crippen LogP contribution in [-0.2, 0) is 14.1 Å². The zero-order valence-electron chi connectivity index (χ0n) is 26.2. The zero-order valence-corrected chi connectivity index (χ0v) is 28.2. The van der Waals surface area contributed by atoms with E-state index >= 15 is 0 Å². The topological polar surface area (TPSA) is 48.0 Å². The molecule has 7 heteroatoms. The van der Waals surface area contributed by atoms with E-state index in [0.717, 1.165) is 25.0 Å². The van der Waals surface area contributed by atoms with E-state index in [1.54, 1.807) is 0 Å². The molecule has 5 atom stereocenters. The summed E-state index contributed by atoms with van der Waals surface area (Å²) in [5.74, 6) is 1.39. The molecule has 0 aromatic heterocycles. The molecule has 3 aliphatic rings. The van der Waals surface area contributed by atoms with Crippen molar-refractivity contribution in [3.63, 3.8) is 0 Å². The highest BCUT2D eigenvalue weighted by molar-refractivity contribution is 6.75. The number of hydrogen-bond donors (Lipinski definition) is 0. The van der Waals surface area contributed by atoms with Crippen LogP contribution in [0.25, 0.3) is 0 Å². The fourth-order valence-electron chi connectivity index (χ4n) is 6.50. The molecule has 2 saturated carbocycles. The minimum atomic E-state index is -1.92. The summed E-state index contributed by atoms with van der Waals surface area (Å²) in [6.45, 7) is 25.3. The number of ketones is 1. The molecule has 1 aromatic carbocycles. The van der Waals surface area contributed by atoms with Crippen molar-refractivity contribution < 1.29 is 18.5 Å². The lowest BCUT2D eigenvalue weighted by Crippen LogP contribution is -2.58. The van der Waals surface area contributed by atoms with Crippen LogP contribution >= 0.6 is 0 Å². The van der Waals surface area contributed by atoms with Gasteiger partial charge in [-0.05, 0) is 78.6 Å². The van der Waals surface area contributed by atoms with Crippen molar-refractivity contribution >= 4 is 22.4 Å². The molecule has 3 fully saturated rings. The highest BCUT2D eigenvalue weighted by atomic mass is 28.4. The van der Waals surface area contributed by atoms with Gasteiger partial charge in [0.25, 0.3) is 0 Å². The van der Waals surface area contributed by atoms with Gasteiger partial charge in [-0.1, -0.05) is 60.6 Å². The van der Waals surface area contributed by atoms with Crippen LogP contribution in [0.2, 0.25) is 36.3 Å². The monoisotopic (exact) mass is 559 g/mol. The number of carbonyl (C=O) groups is 1. The van der Waals surface area contributed by atoms with Crippen molar-refractivity contribution in [2.24, 2.45) is 11.3 Å². The zero-order chi connectivity index (χ0) is 28.5. The number of hydrogen-bond acceptors (Lipinski definition) is 5. The first-order valence-corrected chi connectivity index (χ1v) is 20.5. The smallest absolute Gasteiger partial charge is 0.250 e. The fourth-order valence-corrected chi connectivity index (χ4v) is 8.98. The maximum Gasteiger partial charge on any atom is 0.250 e. The van der Waals surface area contributed by atoms with Crippen LogP contribution in [0, 0.1) is 11.3 Å². The van der Waals surface area contributed by atoms with Crippen LogP contribution < -0.4 is 4.43 Å². The Morgan fingerprint density at radius 2 is 1.53 bits per heavy atom. The van der Waals surface area contributed by atoms with Crippen LogP contribution in [0.15, 0.2) is 24.3 Å². The van der Waals surface area contributed by atoms with Crippen LogP contribution in [0.4, 0.5) is 0 Å². The normalized spacial score (nSPS) is 33.2. The molecule has 1 unspecified atom stereocenters. The third-order valence-corrected chi connectivity index (χ3v) is 19.9. The van der Waals surface area contributed by atoms with Gasteiger partial charge in [0.2, 0.25) is 8.32 Å². The molecule has 1 saturated heterocycles. The largest absolute Gasteiger partial charge is 0.544 e. The van der Waals surface area contributed by atoms with Crippen LogP contribution in [0.5, 0.6) is 5.75 Å². The second-order valence-corrected chi connectivity index (χ2v) is 25.1. The molecule has 38 heavy (non-hydrogen) atoms. The summed E-state index contributed by atoms with van der Waals surface area (Å²) in [5.41, 5.74) is 0.382. The lowest BCUT2D eigenvalue weighted by molar-refractivity contribution is -0.228. The van der Waals surface area contributed by atoms with Gasteiger partial charge in [-0.3, -0.25) is 9.63 Å². The molecule has 1 spiro atoms. The van der Waals surface area contributed by atoms with Gasteiger partial charge in [-0.15, -0.1) is 0 Å². The predicted octanol–water partition coefficient (Wildman–Crippen LogP) is 8.29. The molecule has 1 heterocycles. The second-order valence-electron chi connectivity index (χ2n) is 15.6. The van der Waals surface area contributed by atoms with Crippen molar-refractivity contribution in [2.45, 2.75) is 135 Å². The lowest BCUT2D eigenvalue weighted by atomic mass is 9.59. The van der Waals surface area contributed by atoms with E-state index in [1.165, 1.54) is 5.56 Å². The van der Waals surface area contributed by atoms with E-state index in [1.807, 2.05) is 12.1 Å². The summed E-state index contributed by atoms with van der Waals surface area (Å²) in [4.78, 5) is 20.3. The van der Waals surface area contributed by atoms with Crippen LogP contribution in [-0.4, -0.2) is 46.2 Å². The maximum absolute atomic E-state index is 13.7. The van der Waals surface area contributed by atoms with Gasteiger partial charge < -0.3 is 8.85 Å². The summed E-state index contributed by atoms with van der Waals surface area (Å²) in [5, 5.41) is 2.27. The van der Waals surface area contributed by atoms with Gasteiger partial charge in [-0.25, -0.2) is 0 Å². The average molecular weight is 560 g/mol. The summed E-state index contributed by atoms with van der Waals surface area (Å²) >= 11 is 0. The summed E-state index contributed by atoms with van der Waals surface area (Å²) < 4.78 is 13.5. The molecular weight excluding hydrogens is 507 g/mol. The van der Waals surface area contributed by atoms with Crippen LogP contribution in [0.3, 0.4) is 0 Å². The highest BCUT2D eigenvalue weighted by Crippen LogP contribution is 2.62. The Morgan fingerprint density at radius 1 is 0.947 bits per heavy atom. The molecular formula is C31H53NO4Si2. The minimum Gasteiger partial charge on any atom is -0.544 e. The highest BCUT2D eigenvalue weighted by Gasteiger charge is 2.66. The first-order valence-electron chi connectivity index (χ1n) is 14.7. The molecule has 0 N–H and O–H groups in total. The first kappa shape index (κ1) is 30.0. The predicted molar refractivity (Wildman–Crippen MR) is 160 cm³/mol. The quantitative estimate of drug-likeness (QED) is 0.340. The first-order chi connectivity index (χ1) is 17.2. The van der Waals surface area contributed by atoms with Gasteiger partial charge >= 0.3 is 0 Å². The SMILES string of the molecule is CN1O[C@]2(CC1c1ccc(O[Si](C)(C)C(C)(C)C)cc1)C(=O)CC[C@]1(C)[C@@H](O[Si](C)(C)C(C)(C)C)CC[C@H]12. The van der Waals surface area contributed by atoms with E-state index in [4.69, 9.17) is 13.7 Å². The van der Waals surface area contributed by atoms with Gasteiger partial charge in [0, 0.05) is 25.8 Å². The molecule has 1 aliphatic heterocycles. The summed E-state index contributed by atoms with van der Waals surface area (Å²) in [6, 6.07) is 8.57. The van der Waals surface area contributed by atoms with Crippen molar-refractivity contribution in [1.82, 2.24) is 5.06 Å². The number of carbonyl (C=O) groups excluding carboxylic acids is 1. The molecule has 1 aromatic rings.